The molecular weight excluding hydrogens is 279 g/mol. The van der Waals surface area contributed by atoms with Crippen LogP contribution in [0.5, 0.6) is 0 Å². The molecule has 2 nitrogen and oxygen atoms in total. The number of benzene rings is 2. The van der Waals surface area contributed by atoms with Crippen LogP contribution in [0.3, 0.4) is 0 Å². The third-order valence-corrected chi connectivity index (χ3v) is 5.28. The Morgan fingerprint density at radius 1 is 0.810 bits per heavy atom. The number of hydrogen-bond acceptors (Lipinski definition) is 2. The Labute approximate surface area is 128 Å². The summed E-state index contributed by atoms with van der Waals surface area (Å²) >= 11 is 0. The summed E-state index contributed by atoms with van der Waals surface area (Å²) in [6, 6.07) is 17.2. The highest BCUT2D eigenvalue weighted by Crippen LogP contribution is 2.35. The second-order valence-electron chi connectivity index (χ2n) is 5.23. The van der Waals surface area contributed by atoms with Gasteiger partial charge in [0.05, 0.1) is 14.8 Å². The van der Waals surface area contributed by atoms with Crippen LogP contribution in [0.25, 0.3) is 0 Å². The van der Waals surface area contributed by atoms with Gasteiger partial charge in [0.1, 0.15) is 0 Å². The molecule has 0 radical (unpaired) electrons. The second kappa shape index (κ2) is 8.29. The quantitative estimate of drug-likeness (QED) is 0.627. The molecule has 0 spiro atoms. The summed E-state index contributed by atoms with van der Waals surface area (Å²) in [5, 5.41) is 11.4. The van der Waals surface area contributed by atoms with Crippen LogP contribution in [0.4, 0.5) is 0 Å². The topological polar surface area (TPSA) is 29.5 Å². The average molecular weight is 302 g/mol. The van der Waals surface area contributed by atoms with Crippen LogP contribution < -0.4 is 10.6 Å². The summed E-state index contributed by atoms with van der Waals surface area (Å²) in [4.78, 5) is 0. The van der Waals surface area contributed by atoms with Crippen molar-refractivity contribution in [2.24, 2.45) is 0 Å². The Kier molecular flexibility index (Phi) is 6.38. The third-order valence-electron chi connectivity index (χ3n) is 3.31. The lowest BCUT2D eigenvalue weighted by Crippen LogP contribution is -2.14. The molecule has 0 bridgehead atoms. The lowest BCUT2D eigenvalue weighted by molar-refractivity contribution is 0.263. The zero-order chi connectivity index (χ0) is 15.1. The van der Waals surface area contributed by atoms with Crippen molar-refractivity contribution in [2.45, 2.75) is 26.7 Å². The summed E-state index contributed by atoms with van der Waals surface area (Å²) < 4.78 is 6.15. The first-order valence-corrected chi connectivity index (χ1v) is 8.64. The van der Waals surface area contributed by atoms with E-state index in [2.05, 4.69) is 62.4 Å². The molecule has 0 saturated carbocycles. The maximum atomic E-state index is 8.88. The van der Waals surface area contributed by atoms with Crippen molar-refractivity contribution in [1.82, 2.24) is 0 Å². The minimum atomic E-state index is -0.774. The molecule has 1 N–H and O–H groups in total. The van der Waals surface area contributed by atoms with Gasteiger partial charge >= 0.3 is 0 Å². The van der Waals surface area contributed by atoms with E-state index >= 15 is 0 Å². The number of unbranched alkanes of at least 4 members (excludes halogenated alkanes) is 1. The van der Waals surface area contributed by atoms with Crippen molar-refractivity contribution in [3.8, 4) is 0 Å². The van der Waals surface area contributed by atoms with Crippen LogP contribution in [0.1, 0.15) is 24.0 Å². The molecule has 0 saturated heterocycles. The summed E-state index contributed by atoms with van der Waals surface area (Å²) in [7, 11) is -0.774. The molecule has 0 aliphatic carbocycles. The Hall–Kier alpha value is -1.21. The van der Waals surface area contributed by atoms with E-state index in [1.165, 1.54) is 21.7 Å². The number of aryl methyl sites for hydroxylation is 2. The van der Waals surface area contributed by atoms with Crippen molar-refractivity contribution >= 4 is 18.8 Å². The van der Waals surface area contributed by atoms with Gasteiger partial charge in [-0.3, -0.25) is 0 Å². The monoisotopic (exact) mass is 302 g/mol. The number of hydrogen-bond donors (Lipinski definition) is 1. The van der Waals surface area contributed by atoms with Crippen LogP contribution in [-0.2, 0) is 4.52 Å². The molecule has 2 aromatic carbocycles. The molecule has 0 atom stereocenters. The lowest BCUT2D eigenvalue weighted by atomic mass is 10.2. The van der Waals surface area contributed by atoms with E-state index in [4.69, 9.17) is 9.63 Å². The van der Waals surface area contributed by atoms with Gasteiger partial charge in [0, 0.05) is 17.2 Å². The zero-order valence-electron chi connectivity index (χ0n) is 12.7. The predicted octanol–water partition coefficient (Wildman–Crippen LogP) is 3.44. The van der Waals surface area contributed by atoms with Crippen LogP contribution in [0.2, 0.25) is 0 Å². The van der Waals surface area contributed by atoms with Gasteiger partial charge < -0.3 is 9.63 Å². The van der Waals surface area contributed by atoms with E-state index in [9.17, 15) is 0 Å². The Morgan fingerprint density at radius 2 is 1.29 bits per heavy atom. The van der Waals surface area contributed by atoms with E-state index in [0.29, 0.717) is 6.61 Å². The average Bonchev–Trinajstić information content (AvgIpc) is 2.50. The van der Waals surface area contributed by atoms with Crippen molar-refractivity contribution in [1.29, 1.82) is 0 Å². The molecule has 2 rings (SSSR count). The fourth-order valence-electron chi connectivity index (χ4n) is 2.03. The highest BCUT2D eigenvalue weighted by Gasteiger charge is 2.14. The minimum absolute atomic E-state index is 0.232. The van der Waals surface area contributed by atoms with E-state index in [1.54, 1.807) is 0 Å². The van der Waals surface area contributed by atoms with Gasteiger partial charge in [-0.05, 0) is 26.7 Å². The lowest BCUT2D eigenvalue weighted by Gasteiger charge is -2.19. The molecule has 0 amide bonds. The SMILES string of the molecule is Cc1ccc(P(OCCCCO)c2ccc(C)cc2)cc1. The molecule has 0 aromatic heterocycles. The van der Waals surface area contributed by atoms with Crippen molar-refractivity contribution < 1.29 is 9.63 Å². The molecule has 2 aromatic rings. The van der Waals surface area contributed by atoms with E-state index < -0.39 is 8.15 Å². The summed E-state index contributed by atoms with van der Waals surface area (Å²) in [6.45, 7) is 5.12. The van der Waals surface area contributed by atoms with E-state index in [1.807, 2.05) is 0 Å². The largest absolute Gasteiger partial charge is 0.396 e. The van der Waals surface area contributed by atoms with Gasteiger partial charge in [-0.1, -0.05) is 59.7 Å². The fraction of sp³-hybridized carbons (Fsp3) is 0.333. The molecule has 112 valence electrons. The van der Waals surface area contributed by atoms with Gasteiger partial charge in [-0.25, -0.2) is 0 Å². The number of aliphatic hydroxyl groups is 1. The smallest absolute Gasteiger partial charge is 0.0917 e. The predicted molar refractivity (Wildman–Crippen MR) is 90.8 cm³/mol. The second-order valence-corrected chi connectivity index (χ2v) is 7.11. The highest BCUT2D eigenvalue weighted by molar-refractivity contribution is 7.68. The zero-order valence-corrected chi connectivity index (χ0v) is 13.6. The third kappa shape index (κ3) is 4.93. The molecule has 0 aliphatic rings. The molecule has 0 unspecified atom stereocenters. The summed E-state index contributed by atoms with van der Waals surface area (Å²) in [6.07, 6.45) is 1.69. The maximum Gasteiger partial charge on any atom is 0.0917 e. The summed E-state index contributed by atoms with van der Waals surface area (Å²) in [5.74, 6) is 0. The van der Waals surface area contributed by atoms with Gasteiger partial charge in [-0.2, -0.15) is 0 Å². The first-order valence-electron chi connectivity index (χ1n) is 7.38. The minimum Gasteiger partial charge on any atom is -0.396 e. The van der Waals surface area contributed by atoms with E-state index in [-0.39, 0.29) is 6.61 Å². The fourth-order valence-corrected chi connectivity index (χ4v) is 3.78. The van der Waals surface area contributed by atoms with Crippen molar-refractivity contribution in [2.75, 3.05) is 13.2 Å². The molecule has 21 heavy (non-hydrogen) atoms. The molecule has 0 fully saturated rings. The Bertz CT molecular complexity index is 489. The molecule has 0 aliphatic heterocycles. The van der Waals surface area contributed by atoms with Gasteiger partial charge in [-0.15, -0.1) is 0 Å². The molecule has 0 heterocycles. The molecule has 3 heteroatoms. The first-order chi connectivity index (χ1) is 10.2. The van der Waals surface area contributed by atoms with Crippen molar-refractivity contribution in [3.63, 3.8) is 0 Å². The van der Waals surface area contributed by atoms with Crippen LogP contribution >= 0.6 is 8.15 Å². The highest BCUT2D eigenvalue weighted by atomic mass is 31.1. The standard InChI is InChI=1S/C18H23O2P/c1-15-5-9-17(10-6-15)21(20-14-4-3-13-19)18-11-7-16(2)8-12-18/h5-12,19H,3-4,13-14H2,1-2H3. The van der Waals surface area contributed by atoms with Gasteiger partial charge in [0.25, 0.3) is 0 Å². The van der Waals surface area contributed by atoms with Gasteiger partial charge in [0.15, 0.2) is 0 Å². The normalized spacial score (nSPS) is 11.0. The number of aliphatic hydroxyl groups excluding tert-OH is 1. The number of rotatable bonds is 7. The van der Waals surface area contributed by atoms with Crippen LogP contribution in [0, 0.1) is 13.8 Å². The Balaban J connectivity index is 2.17. The van der Waals surface area contributed by atoms with Crippen molar-refractivity contribution in [3.05, 3.63) is 59.7 Å². The Morgan fingerprint density at radius 3 is 1.71 bits per heavy atom. The first kappa shape index (κ1) is 16.2. The maximum absolute atomic E-state index is 8.88. The molecular formula is C18H23O2P. The van der Waals surface area contributed by atoms with E-state index in [0.717, 1.165) is 12.8 Å². The van der Waals surface area contributed by atoms with Crippen LogP contribution in [0.15, 0.2) is 48.5 Å². The van der Waals surface area contributed by atoms with Gasteiger partial charge in [0.2, 0.25) is 0 Å². The summed E-state index contributed by atoms with van der Waals surface area (Å²) in [5.41, 5.74) is 2.52. The van der Waals surface area contributed by atoms with Crippen LogP contribution in [-0.4, -0.2) is 18.3 Å².